The Balaban J connectivity index is 2.09. The molecule has 0 bridgehead atoms. The molecule has 1 saturated heterocycles. The zero-order valence-corrected chi connectivity index (χ0v) is 48.3. The van der Waals surface area contributed by atoms with Crippen molar-refractivity contribution in [3.63, 3.8) is 0 Å². The van der Waals surface area contributed by atoms with Gasteiger partial charge in [-0.1, -0.05) is 316 Å². The summed E-state index contributed by atoms with van der Waals surface area (Å²) in [5, 5.41) is 65.6. The Morgan fingerprint density at radius 2 is 0.712 bits per heavy atom. The van der Waals surface area contributed by atoms with Gasteiger partial charge < -0.3 is 45.4 Å². The van der Waals surface area contributed by atoms with Gasteiger partial charge in [0.15, 0.2) is 6.29 Å². The molecule has 0 aromatic carbocycles. The van der Waals surface area contributed by atoms with Crippen LogP contribution < -0.4 is 5.32 Å². The molecule has 2 unspecified atom stereocenters. The van der Waals surface area contributed by atoms with Crippen LogP contribution in [0.2, 0.25) is 0 Å². The lowest BCUT2D eigenvalue weighted by Gasteiger charge is -2.40. The largest absolute Gasteiger partial charge is 0.394 e. The summed E-state index contributed by atoms with van der Waals surface area (Å²) in [6.07, 6.45) is 54.5. The molecule has 1 fully saturated rings. The smallest absolute Gasteiger partial charge is 0.220 e. The lowest BCUT2D eigenvalue weighted by atomic mass is 9.98. The Hall–Kier alpha value is -0.850. The number of ether oxygens (including phenoxy) is 2. The number of aliphatic hydroxyl groups is 6. The van der Waals surface area contributed by atoms with Crippen LogP contribution in [-0.4, -0.2) is 98.7 Å². The van der Waals surface area contributed by atoms with Crippen LogP contribution in [-0.2, 0) is 14.3 Å². The topological polar surface area (TPSA) is 169 Å². The molecule has 0 aliphatic carbocycles. The summed E-state index contributed by atoms with van der Waals surface area (Å²) in [5.41, 5.74) is 0. The van der Waals surface area contributed by atoms with Gasteiger partial charge in [-0.25, -0.2) is 0 Å². The second-order valence-electron chi connectivity index (χ2n) is 23.1. The molecule has 436 valence electrons. The van der Waals surface area contributed by atoms with E-state index in [9.17, 15) is 35.4 Å². The van der Waals surface area contributed by atoms with Gasteiger partial charge in [0.1, 0.15) is 30.5 Å². The third kappa shape index (κ3) is 41.9. The second kappa shape index (κ2) is 53.2. The summed E-state index contributed by atoms with van der Waals surface area (Å²) in [5.74, 6) is -0.249. The summed E-state index contributed by atoms with van der Waals surface area (Å²) in [7, 11) is 0. The van der Waals surface area contributed by atoms with E-state index < -0.39 is 55.6 Å². The molecule has 1 rings (SSSR count). The maximum Gasteiger partial charge on any atom is 0.220 e. The SMILES string of the molecule is CCCCCCCCCCCCCCCCCCCCCCCCCCCCCCCCCCCCC(=O)N[C@@H](CO[C@@H]1O[C@H](CO)[C@H](O)C(O)C1O)[C@H](O)[C@H](O)CCCCCCCCCCCCCCCC. The van der Waals surface area contributed by atoms with Crippen LogP contribution in [0.3, 0.4) is 0 Å². The molecule has 0 spiro atoms. The van der Waals surface area contributed by atoms with Crippen molar-refractivity contribution in [1.29, 1.82) is 0 Å². The first-order chi connectivity index (χ1) is 35.8. The standard InChI is InChI=1S/C63H125NO9/c1-3-5-7-9-11-13-15-17-19-20-21-22-23-24-25-26-27-28-29-30-31-32-33-34-35-36-37-38-40-42-44-46-48-50-52-58(67)64-55(54-72-63-62(71)61(70)60(69)57(53-65)73-63)59(68)56(66)51-49-47-45-43-41-39-18-16-14-12-10-8-6-4-2/h55-57,59-63,65-66,68-71H,3-54H2,1-2H3,(H,64,67)/t55-,56+,57+,59-,60-,61?,62?,63+/m0/s1. The van der Waals surface area contributed by atoms with Crippen LogP contribution in [0.4, 0.5) is 0 Å². The first kappa shape index (κ1) is 70.2. The normalized spacial score (nSPS) is 19.4. The van der Waals surface area contributed by atoms with Gasteiger partial charge >= 0.3 is 0 Å². The Kier molecular flexibility index (Phi) is 51.1. The quantitative estimate of drug-likeness (QED) is 0.0293. The molecule has 8 atom stereocenters. The monoisotopic (exact) mass is 1040 g/mol. The van der Waals surface area contributed by atoms with Crippen molar-refractivity contribution in [2.24, 2.45) is 0 Å². The van der Waals surface area contributed by atoms with Gasteiger partial charge in [0.25, 0.3) is 0 Å². The van der Waals surface area contributed by atoms with E-state index in [1.807, 2.05) is 0 Å². The first-order valence-corrected chi connectivity index (χ1v) is 32.3. The van der Waals surface area contributed by atoms with Crippen molar-refractivity contribution < 1.29 is 44.9 Å². The molecule has 73 heavy (non-hydrogen) atoms. The fraction of sp³-hybridized carbons (Fsp3) is 0.984. The highest BCUT2D eigenvalue weighted by atomic mass is 16.7. The minimum absolute atomic E-state index is 0.249. The Morgan fingerprint density at radius 1 is 0.425 bits per heavy atom. The van der Waals surface area contributed by atoms with Gasteiger partial charge in [-0.05, 0) is 12.8 Å². The lowest BCUT2D eigenvalue weighted by molar-refractivity contribution is -0.303. The number of amides is 1. The highest BCUT2D eigenvalue weighted by Gasteiger charge is 2.44. The fourth-order valence-electron chi connectivity index (χ4n) is 10.9. The van der Waals surface area contributed by atoms with E-state index in [0.29, 0.717) is 6.42 Å². The van der Waals surface area contributed by atoms with Gasteiger partial charge in [0, 0.05) is 6.42 Å². The van der Waals surface area contributed by atoms with Gasteiger partial charge in [-0.15, -0.1) is 0 Å². The molecule has 10 heteroatoms. The molecular weight excluding hydrogens is 915 g/mol. The highest BCUT2D eigenvalue weighted by Crippen LogP contribution is 2.24. The maximum atomic E-state index is 13.1. The molecule has 1 aliphatic rings. The molecule has 10 nitrogen and oxygen atoms in total. The van der Waals surface area contributed by atoms with Crippen LogP contribution in [0.25, 0.3) is 0 Å². The van der Waals surface area contributed by atoms with Crippen LogP contribution in [0.5, 0.6) is 0 Å². The van der Waals surface area contributed by atoms with Gasteiger partial charge in [-0.3, -0.25) is 4.79 Å². The van der Waals surface area contributed by atoms with Crippen LogP contribution >= 0.6 is 0 Å². The number of carbonyl (C=O) groups excluding carboxylic acids is 1. The molecule has 0 saturated carbocycles. The van der Waals surface area contributed by atoms with Crippen molar-refractivity contribution in [2.45, 2.75) is 384 Å². The number of carbonyl (C=O) groups is 1. The number of unbranched alkanes of at least 4 members (excludes halogenated alkanes) is 46. The molecule has 1 aliphatic heterocycles. The van der Waals surface area contributed by atoms with E-state index >= 15 is 0 Å². The van der Waals surface area contributed by atoms with Gasteiger partial charge in [0.2, 0.25) is 5.91 Å². The van der Waals surface area contributed by atoms with Crippen molar-refractivity contribution in [2.75, 3.05) is 13.2 Å². The third-order valence-corrected chi connectivity index (χ3v) is 16.1. The number of nitrogens with one attached hydrogen (secondary N) is 1. The van der Waals surface area contributed by atoms with Gasteiger partial charge in [-0.2, -0.15) is 0 Å². The Bertz CT molecular complexity index is 1130. The molecule has 1 heterocycles. The minimum atomic E-state index is -1.60. The average molecular weight is 1040 g/mol. The zero-order chi connectivity index (χ0) is 53.1. The predicted octanol–water partition coefficient (Wildman–Crippen LogP) is 15.6. The number of aliphatic hydroxyl groups excluding tert-OH is 6. The van der Waals surface area contributed by atoms with E-state index in [1.54, 1.807) is 0 Å². The minimum Gasteiger partial charge on any atom is -0.394 e. The second-order valence-corrected chi connectivity index (χ2v) is 23.1. The van der Waals surface area contributed by atoms with E-state index in [4.69, 9.17) is 9.47 Å². The van der Waals surface area contributed by atoms with Crippen LogP contribution in [0.15, 0.2) is 0 Å². The third-order valence-electron chi connectivity index (χ3n) is 16.1. The average Bonchev–Trinajstić information content (AvgIpc) is 3.39. The highest BCUT2D eigenvalue weighted by molar-refractivity contribution is 5.76. The predicted molar refractivity (Wildman–Crippen MR) is 306 cm³/mol. The summed E-state index contributed by atoms with van der Waals surface area (Å²) < 4.78 is 11.2. The van der Waals surface area contributed by atoms with E-state index in [-0.39, 0.29) is 18.9 Å². The van der Waals surface area contributed by atoms with E-state index in [0.717, 1.165) is 38.5 Å². The van der Waals surface area contributed by atoms with Crippen LogP contribution in [0, 0.1) is 0 Å². The van der Waals surface area contributed by atoms with E-state index in [1.165, 1.54) is 270 Å². The number of hydrogen-bond acceptors (Lipinski definition) is 9. The summed E-state index contributed by atoms with van der Waals surface area (Å²) in [4.78, 5) is 13.1. The van der Waals surface area contributed by atoms with Crippen molar-refractivity contribution in [3.05, 3.63) is 0 Å². The van der Waals surface area contributed by atoms with Crippen molar-refractivity contribution in [1.82, 2.24) is 5.32 Å². The molecule has 1 amide bonds. The number of rotatable bonds is 57. The molecule has 7 N–H and O–H groups in total. The fourth-order valence-corrected chi connectivity index (χ4v) is 10.9. The molecule has 0 aromatic heterocycles. The van der Waals surface area contributed by atoms with E-state index in [2.05, 4.69) is 19.2 Å². The number of hydrogen-bond donors (Lipinski definition) is 7. The van der Waals surface area contributed by atoms with Crippen molar-refractivity contribution in [3.8, 4) is 0 Å². The Morgan fingerprint density at radius 3 is 1.01 bits per heavy atom. The molecule has 0 aromatic rings. The lowest BCUT2D eigenvalue weighted by Crippen LogP contribution is -2.60. The molecular formula is C63H125NO9. The van der Waals surface area contributed by atoms with Crippen molar-refractivity contribution >= 4 is 5.91 Å². The zero-order valence-electron chi connectivity index (χ0n) is 48.3. The maximum absolute atomic E-state index is 13.1. The first-order valence-electron chi connectivity index (χ1n) is 32.3. The summed E-state index contributed by atoms with van der Waals surface area (Å²) in [6, 6.07) is -0.986. The van der Waals surface area contributed by atoms with Crippen LogP contribution in [0.1, 0.15) is 335 Å². The summed E-state index contributed by atoms with van der Waals surface area (Å²) >= 11 is 0. The summed E-state index contributed by atoms with van der Waals surface area (Å²) in [6.45, 7) is 3.66. The van der Waals surface area contributed by atoms with Gasteiger partial charge in [0.05, 0.1) is 25.4 Å². The molecule has 0 radical (unpaired) electrons. The Labute approximate surface area is 451 Å².